The van der Waals surface area contributed by atoms with Crippen LogP contribution in [0.3, 0.4) is 0 Å². The van der Waals surface area contributed by atoms with Crippen molar-refractivity contribution < 1.29 is 0 Å². The monoisotopic (exact) mass is 250 g/mol. The molecule has 0 saturated heterocycles. The van der Waals surface area contributed by atoms with E-state index in [0.29, 0.717) is 6.04 Å². The molecule has 0 amide bonds. The standard InChI is InChI=1S/C16H30N2/c1-3-5-6-7-8-9-10-11-12-16(4-2)18-14-13-17-15-18/h11-12,15-16H,3-10,13-14H2,1-2H3. The SMILES string of the molecule is CCCCCCCCC=CC(CC)N1C=NCC1. The second-order valence-electron chi connectivity index (χ2n) is 5.22. The van der Waals surface area contributed by atoms with Crippen molar-refractivity contribution in [3.05, 3.63) is 12.2 Å². The Labute approximate surface area is 113 Å². The summed E-state index contributed by atoms with van der Waals surface area (Å²) < 4.78 is 0. The normalized spacial score (nSPS) is 16.9. The van der Waals surface area contributed by atoms with Crippen LogP contribution in [0, 0.1) is 0 Å². The molecule has 0 aromatic carbocycles. The molecular formula is C16H30N2. The number of nitrogens with zero attached hydrogens (tertiary/aromatic N) is 2. The van der Waals surface area contributed by atoms with Gasteiger partial charge in [-0.25, -0.2) is 0 Å². The first-order valence-corrected chi connectivity index (χ1v) is 7.80. The largest absolute Gasteiger partial charge is 0.355 e. The lowest BCUT2D eigenvalue weighted by atomic mass is 10.1. The number of hydrogen-bond acceptors (Lipinski definition) is 2. The van der Waals surface area contributed by atoms with E-state index in [1.807, 2.05) is 6.34 Å². The van der Waals surface area contributed by atoms with E-state index in [9.17, 15) is 0 Å². The third kappa shape index (κ3) is 6.23. The number of rotatable bonds is 10. The van der Waals surface area contributed by atoms with Crippen LogP contribution in [0.2, 0.25) is 0 Å². The highest BCUT2D eigenvalue weighted by molar-refractivity contribution is 5.58. The number of allylic oxidation sites excluding steroid dienone is 1. The van der Waals surface area contributed by atoms with E-state index < -0.39 is 0 Å². The van der Waals surface area contributed by atoms with Gasteiger partial charge in [0.05, 0.1) is 12.9 Å². The summed E-state index contributed by atoms with van der Waals surface area (Å²) in [6, 6.07) is 0.566. The minimum atomic E-state index is 0.566. The molecule has 1 unspecified atom stereocenters. The molecule has 0 aromatic heterocycles. The van der Waals surface area contributed by atoms with Crippen LogP contribution in [0.25, 0.3) is 0 Å². The Morgan fingerprint density at radius 3 is 2.61 bits per heavy atom. The second-order valence-corrected chi connectivity index (χ2v) is 5.22. The summed E-state index contributed by atoms with van der Waals surface area (Å²) in [5, 5.41) is 0. The Morgan fingerprint density at radius 2 is 1.94 bits per heavy atom. The molecule has 1 aliphatic rings. The molecule has 0 fully saturated rings. The molecule has 0 aliphatic carbocycles. The minimum absolute atomic E-state index is 0.566. The van der Waals surface area contributed by atoms with Crippen molar-refractivity contribution in [1.29, 1.82) is 0 Å². The second kappa shape index (κ2) is 10.2. The lowest BCUT2D eigenvalue weighted by Gasteiger charge is -2.22. The van der Waals surface area contributed by atoms with Crippen LogP contribution in [-0.2, 0) is 0 Å². The van der Waals surface area contributed by atoms with Gasteiger partial charge < -0.3 is 4.90 Å². The van der Waals surface area contributed by atoms with Gasteiger partial charge in [0, 0.05) is 12.6 Å². The van der Waals surface area contributed by atoms with E-state index in [-0.39, 0.29) is 0 Å². The molecule has 1 heterocycles. The van der Waals surface area contributed by atoms with Crippen LogP contribution in [0.15, 0.2) is 17.1 Å². The van der Waals surface area contributed by atoms with Gasteiger partial charge in [-0.1, -0.05) is 58.1 Å². The molecule has 104 valence electrons. The average molecular weight is 250 g/mol. The Kier molecular flexibility index (Phi) is 8.62. The molecule has 1 rings (SSSR count). The number of aliphatic imine (C=N–C) groups is 1. The van der Waals surface area contributed by atoms with Crippen molar-refractivity contribution in [2.24, 2.45) is 4.99 Å². The summed E-state index contributed by atoms with van der Waals surface area (Å²) in [5.74, 6) is 0. The predicted molar refractivity (Wildman–Crippen MR) is 81.3 cm³/mol. The molecule has 0 N–H and O–H groups in total. The van der Waals surface area contributed by atoms with Crippen molar-refractivity contribution in [3.63, 3.8) is 0 Å². The van der Waals surface area contributed by atoms with Gasteiger partial charge in [0.15, 0.2) is 0 Å². The van der Waals surface area contributed by atoms with Crippen molar-refractivity contribution >= 4 is 6.34 Å². The molecule has 0 spiro atoms. The zero-order valence-electron chi connectivity index (χ0n) is 12.3. The Balaban J connectivity index is 2.05. The zero-order chi connectivity index (χ0) is 13.1. The van der Waals surface area contributed by atoms with Gasteiger partial charge in [0.1, 0.15) is 0 Å². The van der Waals surface area contributed by atoms with E-state index in [1.165, 1.54) is 51.4 Å². The van der Waals surface area contributed by atoms with Crippen molar-refractivity contribution in [3.8, 4) is 0 Å². The highest BCUT2D eigenvalue weighted by Gasteiger charge is 2.12. The molecule has 0 saturated carbocycles. The predicted octanol–water partition coefficient (Wildman–Crippen LogP) is 4.42. The van der Waals surface area contributed by atoms with Gasteiger partial charge in [-0.05, 0) is 19.3 Å². The smallest absolute Gasteiger partial charge is 0.0856 e. The number of unbranched alkanes of at least 4 members (excludes halogenated alkanes) is 6. The van der Waals surface area contributed by atoms with Gasteiger partial charge in [0.25, 0.3) is 0 Å². The maximum absolute atomic E-state index is 4.29. The first kappa shape index (κ1) is 15.3. The summed E-state index contributed by atoms with van der Waals surface area (Å²) in [5.41, 5.74) is 0. The minimum Gasteiger partial charge on any atom is -0.355 e. The van der Waals surface area contributed by atoms with Crippen LogP contribution in [-0.4, -0.2) is 30.4 Å². The van der Waals surface area contributed by atoms with Gasteiger partial charge in [-0.15, -0.1) is 0 Å². The molecule has 1 aliphatic heterocycles. The topological polar surface area (TPSA) is 15.6 Å². The maximum atomic E-state index is 4.29. The van der Waals surface area contributed by atoms with Crippen LogP contribution in [0.5, 0.6) is 0 Å². The van der Waals surface area contributed by atoms with Crippen LogP contribution < -0.4 is 0 Å². The van der Waals surface area contributed by atoms with Gasteiger partial charge in [-0.2, -0.15) is 0 Å². The van der Waals surface area contributed by atoms with E-state index >= 15 is 0 Å². The first-order chi connectivity index (χ1) is 8.88. The van der Waals surface area contributed by atoms with Crippen LogP contribution in [0.1, 0.15) is 65.2 Å². The third-order valence-corrected chi connectivity index (χ3v) is 3.64. The van der Waals surface area contributed by atoms with Gasteiger partial charge in [0.2, 0.25) is 0 Å². The third-order valence-electron chi connectivity index (χ3n) is 3.64. The molecule has 18 heavy (non-hydrogen) atoms. The first-order valence-electron chi connectivity index (χ1n) is 7.80. The Bertz CT molecular complexity index is 245. The van der Waals surface area contributed by atoms with Crippen molar-refractivity contribution in [1.82, 2.24) is 4.90 Å². The van der Waals surface area contributed by atoms with E-state index in [0.717, 1.165) is 13.1 Å². The zero-order valence-corrected chi connectivity index (χ0v) is 12.3. The summed E-state index contributed by atoms with van der Waals surface area (Å²) in [6.07, 6.45) is 17.5. The summed E-state index contributed by atoms with van der Waals surface area (Å²) in [4.78, 5) is 6.65. The molecule has 0 bridgehead atoms. The lowest BCUT2D eigenvalue weighted by Crippen LogP contribution is -2.30. The fourth-order valence-corrected chi connectivity index (χ4v) is 2.42. The lowest BCUT2D eigenvalue weighted by molar-refractivity contribution is 0.388. The molecule has 0 aromatic rings. The summed E-state index contributed by atoms with van der Waals surface area (Å²) in [6.45, 7) is 6.60. The number of hydrogen-bond donors (Lipinski definition) is 0. The summed E-state index contributed by atoms with van der Waals surface area (Å²) in [7, 11) is 0. The molecule has 2 heteroatoms. The fourth-order valence-electron chi connectivity index (χ4n) is 2.42. The quantitative estimate of drug-likeness (QED) is 0.414. The highest BCUT2D eigenvalue weighted by atomic mass is 15.2. The van der Waals surface area contributed by atoms with Crippen LogP contribution in [0.4, 0.5) is 0 Å². The van der Waals surface area contributed by atoms with E-state index in [1.54, 1.807) is 0 Å². The Morgan fingerprint density at radius 1 is 1.17 bits per heavy atom. The average Bonchev–Trinajstić information content (AvgIpc) is 2.91. The van der Waals surface area contributed by atoms with Gasteiger partial charge >= 0.3 is 0 Å². The molecule has 0 radical (unpaired) electrons. The van der Waals surface area contributed by atoms with Crippen molar-refractivity contribution in [2.45, 2.75) is 71.3 Å². The van der Waals surface area contributed by atoms with Gasteiger partial charge in [-0.3, -0.25) is 4.99 Å². The molecule has 1 atom stereocenters. The van der Waals surface area contributed by atoms with E-state index in [4.69, 9.17) is 0 Å². The molecular weight excluding hydrogens is 220 g/mol. The van der Waals surface area contributed by atoms with Crippen LogP contribution >= 0.6 is 0 Å². The fraction of sp³-hybridized carbons (Fsp3) is 0.812. The summed E-state index contributed by atoms with van der Waals surface area (Å²) >= 11 is 0. The molecule has 2 nitrogen and oxygen atoms in total. The maximum Gasteiger partial charge on any atom is 0.0856 e. The van der Waals surface area contributed by atoms with E-state index in [2.05, 4.69) is 35.9 Å². The van der Waals surface area contributed by atoms with Crippen molar-refractivity contribution in [2.75, 3.05) is 13.1 Å². The Hall–Kier alpha value is -0.790. The highest BCUT2D eigenvalue weighted by Crippen LogP contribution is 2.10.